The number of hydrogen-bond acceptors (Lipinski definition) is 14. The largest absolute Gasteiger partial charge is 0.508 e. The number of aliphatic hydroxyl groups is 1. The Hall–Kier alpha value is -6.12. The van der Waals surface area contributed by atoms with E-state index < -0.39 is 11.6 Å². The zero-order valence-corrected chi connectivity index (χ0v) is 38.6. The van der Waals surface area contributed by atoms with Crippen LogP contribution >= 0.6 is 11.6 Å². The summed E-state index contributed by atoms with van der Waals surface area (Å²) in [6.07, 6.45) is 5.74. The average Bonchev–Trinajstić information content (AvgIpc) is 3.71. The molecule has 1 aliphatic carbocycles. The number of phenolic OH excluding ortho intramolecular Hbond substituents is 1. The van der Waals surface area contributed by atoms with Crippen LogP contribution in [0, 0.1) is 17.2 Å². The third kappa shape index (κ3) is 8.47. The van der Waals surface area contributed by atoms with Gasteiger partial charge in [0.2, 0.25) is 0 Å². The Morgan fingerprint density at radius 3 is 2.43 bits per heavy atom. The number of anilines is 2. The smallest absolute Gasteiger partial charge is 0.343 e. The Balaban J connectivity index is 0.689. The van der Waals surface area contributed by atoms with Gasteiger partial charge in [-0.15, -0.1) is 10.2 Å². The number of benzene rings is 2. The van der Waals surface area contributed by atoms with Gasteiger partial charge in [0.15, 0.2) is 17.1 Å². The Morgan fingerprint density at radius 1 is 0.970 bits per heavy atom. The van der Waals surface area contributed by atoms with E-state index in [1.165, 1.54) is 0 Å². The lowest BCUT2D eigenvalue weighted by molar-refractivity contribution is -0.172. The van der Waals surface area contributed by atoms with E-state index in [0.29, 0.717) is 58.2 Å². The Morgan fingerprint density at radius 2 is 1.73 bits per heavy atom. The predicted octanol–water partition coefficient (Wildman–Crippen LogP) is 5.31. The van der Waals surface area contributed by atoms with Gasteiger partial charge >= 0.3 is 5.97 Å². The van der Waals surface area contributed by atoms with Crippen LogP contribution in [0.2, 0.25) is 5.02 Å². The highest BCUT2D eigenvalue weighted by atomic mass is 35.5. The molecular weight excluding hydrogens is 872 g/mol. The van der Waals surface area contributed by atoms with Crippen LogP contribution in [0.1, 0.15) is 90.2 Å². The second-order valence-electron chi connectivity index (χ2n) is 18.9. The number of carbonyl (C=O) groups excluding carboxylic acids is 2. The van der Waals surface area contributed by atoms with Crippen molar-refractivity contribution in [1.82, 2.24) is 34.9 Å². The quantitative estimate of drug-likeness (QED) is 0.150. The van der Waals surface area contributed by atoms with Gasteiger partial charge in [0, 0.05) is 99.3 Å². The summed E-state index contributed by atoms with van der Waals surface area (Å²) in [4.78, 5) is 53.8. The molecule has 16 nitrogen and oxygen atoms in total. The van der Waals surface area contributed by atoms with Crippen molar-refractivity contribution in [1.29, 1.82) is 5.26 Å². The molecule has 2 saturated heterocycles. The first-order valence-corrected chi connectivity index (χ1v) is 23.9. The molecule has 0 bridgehead atoms. The number of nitrogens with one attached hydrogen (secondary N) is 1. The number of rotatable bonds is 10. The molecule has 1 saturated carbocycles. The fourth-order valence-corrected chi connectivity index (χ4v) is 11.1. The summed E-state index contributed by atoms with van der Waals surface area (Å²) < 4.78 is 6.86. The number of fused-ring (bicyclic) bond motifs is 5. The van der Waals surface area contributed by atoms with Gasteiger partial charge in [0.05, 0.1) is 39.6 Å². The number of amides is 1. The molecule has 3 aromatic heterocycles. The molecule has 10 rings (SSSR count). The molecule has 5 aliphatic rings. The Labute approximate surface area is 393 Å². The van der Waals surface area contributed by atoms with E-state index in [1.807, 2.05) is 31.3 Å². The van der Waals surface area contributed by atoms with Gasteiger partial charge in [-0.1, -0.05) is 18.5 Å². The molecule has 1 atom stereocenters. The monoisotopic (exact) mass is 926 g/mol. The summed E-state index contributed by atoms with van der Waals surface area (Å²) in [7, 11) is 2.05. The Bertz CT molecular complexity index is 2840. The van der Waals surface area contributed by atoms with Crippen LogP contribution in [0.3, 0.4) is 0 Å². The molecule has 5 aromatic rings. The highest BCUT2D eigenvalue weighted by Gasteiger charge is 2.45. The van der Waals surface area contributed by atoms with E-state index in [1.54, 1.807) is 41.8 Å². The number of hydrogen-bond donors (Lipinski definition) is 3. The van der Waals surface area contributed by atoms with Gasteiger partial charge in [-0.25, -0.2) is 9.78 Å². The minimum Gasteiger partial charge on any atom is -0.508 e. The van der Waals surface area contributed by atoms with Crippen LogP contribution in [0.25, 0.3) is 22.3 Å². The molecule has 348 valence electrons. The fourth-order valence-electron chi connectivity index (χ4n) is 10.8. The molecule has 4 aliphatic heterocycles. The van der Waals surface area contributed by atoms with Crippen molar-refractivity contribution in [3.8, 4) is 23.2 Å². The van der Waals surface area contributed by atoms with E-state index in [4.69, 9.17) is 21.3 Å². The van der Waals surface area contributed by atoms with Crippen molar-refractivity contribution in [2.24, 2.45) is 5.92 Å². The highest BCUT2D eigenvalue weighted by Crippen LogP contribution is 2.40. The van der Waals surface area contributed by atoms with Gasteiger partial charge < -0.3 is 39.5 Å². The standard InChI is InChI=1S/C50H55ClN10O6/c1-3-50(66)39-24-43-46-32(27-61(43)48(64)38(39)29-67-49(50)65)22-36-37(44(62)12-10-41(36)54-46)28-59-20-18-58(19-21-59)26-30-14-16-60(17-15-30)45-13-11-42(55-56-45)47(63)53-33-5-8-34(9-6-33)57(2)35-7-4-31(25-52)40(51)23-35/h4,7,10-13,22-24,30,33-34,62,66H,3,5-6,8-9,14-21,26-29H2,1-2H3,(H,53,63)/t33?,34?,50-/m0/s1. The Kier molecular flexibility index (Phi) is 12.1. The first-order chi connectivity index (χ1) is 32.4. The second-order valence-corrected chi connectivity index (χ2v) is 19.3. The molecule has 7 heterocycles. The summed E-state index contributed by atoms with van der Waals surface area (Å²) in [5.41, 5.74) is 3.72. The minimum atomic E-state index is -1.89. The molecule has 67 heavy (non-hydrogen) atoms. The summed E-state index contributed by atoms with van der Waals surface area (Å²) in [6, 6.07) is 18.9. The number of cyclic esters (lactones) is 1. The maximum absolute atomic E-state index is 13.7. The minimum absolute atomic E-state index is 0.0712. The summed E-state index contributed by atoms with van der Waals surface area (Å²) in [5.74, 6) is 0.628. The maximum Gasteiger partial charge on any atom is 0.343 e. The second kappa shape index (κ2) is 18.2. The van der Waals surface area contributed by atoms with Crippen LogP contribution in [0.15, 0.2) is 59.4 Å². The molecule has 0 unspecified atom stereocenters. The van der Waals surface area contributed by atoms with E-state index in [9.17, 15) is 29.9 Å². The molecule has 17 heteroatoms. The third-order valence-electron chi connectivity index (χ3n) is 15.0. The van der Waals surface area contributed by atoms with Crippen molar-refractivity contribution in [2.45, 2.75) is 89.3 Å². The molecule has 1 amide bonds. The number of pyridine rings is 2. The van der Waals surface area contributed by atoms with Crippen molar-refractivity contribution >= 4 is 45.9 Å². The summed E-state index contributed by atoms with van der Waals surface area (Å²) in [5, 5.41) is 44.9. The fraction of sp³-hybridized carbons (Fsp3) is 0.460. The number of aromatic nitrogens is 4. The van der Waals surface area contributed by atoms with Gasteiger partial charge in [0.1, 0.15) is 18.4 Å². The molecule has 2 aromatic carbocycles. The van der Waals surface area contributed by atoms with E-state index in [-0.39, 0.29) is 47.4 Å². The van der Waals surface area contributed by atoms with Crippen molar-refractivity contribution in [3.63, 3.8) is 0 Å². The normalized spacial score (nSPS) is 22.1. The van der Waals surface area contributed by atoms with Crippen LogP contribution in [0.4, 0.5) is 11.5 Å². The molecule has 0 radical (unpaired) electrons. The number of aromatic hydroxyl groups is 1. The predicted molar refractivity (Wildman–Crippen MR) is 253 cm³/mol. The number of piperidine rings is 1. The van der Waals surface area contributed by atoms with E-state index in [2.05, 4.69) is 41.2 Å². The third-order valence-corrected chi connectivity index (χ3v) is 15.3. The highest BCUT2D eigenvalue weighted by molar-refractivity contribution is 6.32. The van der Waals surface area contributed by atoms with Gasteiger partial charge in [-0.3, -0.25) is 14.5 Å². The number of piperazine rings is 1. The number of esters is 1. The van der Waals surface area contributed by atoms with Crippen LogP contribution in [-0.2, 0) is 34.8 Å². The molecule has 3 N–H and O–H groups in total. The first-order valence-electron chi connectivity index (χ1n) is 23.5. The van der Waals surface area contributed by atoms with Gasteiger partial charge in [-0.2, -0.15) is 5.26 Å². The van der Waals surface area contributed by atoms with E-state index in [0.717, 1.165) is 112 Å². The van der Waals surface area contributed by atoms with Gasteiger partial charge in [-0.05, 0) is 105 Å². The topological polar surface area (TPSA) is 193 Å². The van der Waals surface area contributed by atoms with Crippen LogP contribution < -0.4 is 20.7 Å². The van der Waals surface area contributed by atoms with Crippen molar-refractivity contribution in [3.05, 3.63) is 103 Å². The lowest BCUT2D eigenvalue weighted by Crippen LogP contribution is -2.48. The number of halogens is 1. The van der Waals surface area contributed by atoms with E-state index >= 15 is 0 Å². The summed E-state index contributed by atoms with van der Waals surface area (Å²) in [6.45, 7) is 8.76. The van der Waals surface area contributed by atoms with Gasteiger partial charge in [0.25, 0.3) is 11.5 Å². The van der Waals surface area contributed by atoms with Crippen LogP contribution in [0.5, 0.6) is 5.75 Å². The maximum atomic E-state index is 13.7. The van der Waals surface area contributed by atoms with Crippen molar-refractivity contribution in [2.75, 3.05) is 62.7 Å². The number of nitriles is 1. The molecule has 0 spiro atoms. The molecular formula is C50H55ClN10O6. The zero-order chi connectivity index (χ0) is 46.6. The lowest BCUT2D eigenvalue weighted by atomic mass is 9.86. The van der Waals surface area contributed by atoms with Crippen LogP contribution in [-0.4, -0.2) is 117 Å². The number of phenols is 1. The number of ether oxygens (including phenoxy) is 1. The lowest BCUT2D eigenvalue weighted by Gasteiger charge is -2.39. The average molecular weight is 928 g/mol. The SMILES string of the molecule is CC[C@@]1(O)C(=O)OCc2c1cc1n(c2=O)Cc2cc3c(CN4CCN(CC5CCN(c6ccc(C(=O)NC7CCC(N(C)c8ccc(C#N)c(Cl)c8)CC7)nn6)CC5)CC4)c(O)ccc3nc2-1. The van der Waals surface area contributed by atoms with Crippen molar-refractivity contribution < 1.29 is 24.5 Å². The summed E-state index contributed by atoms with van der Waals surface area (Å²) >= 11 is 6.28. The zero-order valence-electron chi connectivity index (χ0n) is 37.9. The molecule has 3 fully saturated rings. The first kappa shape index (κ1) is 44.7. The number of nitrogens with zero attached hydrogens (tertiary/aromatic N) is 9. The number of carbonyl (C=O) groups is 2.